The van der Waals surface area contributed by atoms with E-state index in [2.05, 4.69) is 23.5 Å². The molecular weight excluding hydrogens is 210 g/mol. The fourth-order valence-corrected chi connectivity index (χ4v) is 2.69. The van der Waals surface area contributed by atoms with Gasteiger partial charge in [0.15, 0.2) is 5.78 Å². The van der Waals surface area contributed by atoms with E-state index < -0.39 is 0 Å². The zero-order valence-electron chi connectivity index (χ0n) is 10.1. The summed E-state index contributed by atoms with van der Waals surface area (Å²) in [4.78, 5) is 12.2. The molecule has 1 aromatic rings. The van der Waals surface area contributed by atoms with Gasteiger partial charge in [0.25, 0.3) is 0 Å². The lowest BCUT2D eigenvalue weighted by Crippen LogP contribution is -2.35. The summed E-state index contributed by atoms with van der Waals surface area (Å²) in [5.74, 6) is 1.22. The lowest BCUT2D eigenvalue weighted by molar-refractivity contribution is -0.121. The standard InChI is InChI=1S/C15H19NO/c17-14(8-7-11-5-6-11)15-13-4-2-1-3-12(13)9-10-16-15/h1-4,11,15-16H,5-10H2. The highest BCUT2D eigenvalue weighted by molar-refractivity contribution is 5.86. The largest absolute Gasteiger partial charge is 0.303 e. The number of rotatable bonds is 4. The molecular formula is C15H19NO. The zero-order valence-corrected chi connectivity index (χ0v) is 10.1. The second kappa shape index (κ2) is 4.61. The maximum atomic E-state index is 12.2. The van der Waals surface area contributed by atoms with Crippen LogP contribution in [0.1, 0.15) is 42.9 Å². The first-order valence-corrected chi connectivity index (χ1v) is 6.68. The maximum absolute atomic E-state index is 12.2. The molecule has 90 valence electrons. The van der Waals surface area contributed by atoms with Gasteiger partial charge in [-0.1, -0.05) is 37.1 Å². The number of nitrogens with one attached hydrogen (secondary N) is 1. The second-order valence-electron chi connectivity index (χ2n) is 5.28. The molecule has 0 bridgehead atoms. The van der Waals surface area contributed by atoms with Gasteiger partial charge in [0, 0.05) is 13.0 Å². The SMILES string of the molecule is O=C(CCC1CC1)C1NCCc2ccccc21. The first-order chi connectivity index (χ1) is 8.34. The monoisotopic (exact) mass is 229 g/mol. The molecule has 0 aromatic heterocycles. The molecule has 2 heteroatoms. The molecule has 0 saturated heterocycles. The molecule has 1 atom stereocenters. The van der Waals surface area contributed by atoms with Crippen molar-refractivity contribution >= 4 is 5.78 Å². The molecule has 1 fully saturated rings. The van der Waals surface area contributed by atoms with Crippen molar-refractivity contribution in [1.29, 1.82) is 0 Å². The number of carbonyl (C=O) groups is 1. The van der Waals surface area contributed by atoms with Crippen molar-refractivity contribution in [2.45, 2.75) is 38.1 Å². The molecule has 0 radical (unpaired) electrons. The first-order valence-electron chi connectivity index (χ1n) is 6.68. The van der Waals surface area contributed by atoms with Gasteiger partial charge in [0.05, 0.1) is 6.04 Å². The molecule has 1 N–H and O–H groups in total. The lowest BCUT2D eigenvalue weighted by Gasteiger charge is -2.25. The Morgan fingerprint density at radius 1 is 1.29 bits per heavy atom. The second-order valence-corrected chi connectivity index (χ2v) is 5.28. The van der Waals surface area contributed by atoms with Gasteiger partial charge in [-0.25, -0.2) is 0 Å². The summed E-state index contributed by atoms with van der Waals surface area (Å²) in [5.41, 5.74) is 2.55. The highest BCUT2D eigenvalue weighted by atomic mass is 16.1. The lowest BCUT2D eigenvalue weighted by atomic mass is 9.90. The van der Waals surface area contributed by atoms with Crippen LogP contribution in [-0.2, 0) is 11.2 Å². The average Bonchev–Trinajstić information content (AvgIpc) is 3.19. The van der Waals surface area contributed by atoms with Gasteiger partial charge in [-0.05, 0) is 29.9 Å². The maximum Gasteiger partial charge on any atom is 0.154 e. The van der Waals surface area contributed by atoms with Crippen LogP contribution in [0.15, 0.2) is 24.3 Å². The minimum absolute atomic E-state index is 0.0429. The predicted octanol–water partition coefficient (Wildman–Crippen LogP) is 2.63. The van der Waals surface area contributed by atoms with Crippen molar-refractivity contribution in [3.05, 3.63) is 35.4 Å². The molecule has 3 rings (SSSR count). The highest BCUT2D eigenvalue weighted by Gasteiger charge is 2.28. The van der Waals surface area contributed by atoms with Gasteiger partial charge in [-0.3, -0.25) is 4.79 Å². The van der Waals surface area contributed by atoms with Crippen LogP contribution in [0.25, 0.3) is 0 Å². The third-order valence-electron chi connectivity index (χ3n) is 3.93. The normalized spacial score (nSPS) is 23.2. The van der Waals surface area contributed by atoms with E-state index in [-0.39, 0.29) is 6.04 Å². The number of carbonyl (C=O) groups excluding carboxylic acids is 1. The molecule has 1 heterocycles. The van der Waals surface area contributed by atoms with Gasteiger partial charge in [-0.2, -0.15) is 0 Å². The van der Waals surface area contributed by atoms with Crippen LogP contribution < -0.4 is 5.32 Å². The Morgan fingerprint density at radius 3 is 2.94 bits per heavy atom. The van der Waals surface area contributed by atoms with Crippen LogP contribution in [0.2, 0.25) is 0 Å². The van der Waals surface area contributed by atoms with Crippen molar-refractivity contribution in [1.82, 2.24) is 5.32 Å². The fraction of sp³-hybridized carbons (Fsp3) is 0.533. The Labute approximate surface area is 102 Å². The third kappa shape index (κ3) is 2.42. The van der Waals surface area contributed by atoms with E-state index in [1.807, 2.05) is 6.07 Å². The van der Waals surface area contributed by atoms with Crippen LogP contribution in [0, 0.1) is 5.92 Å². The van der Waals surface area contributed by atoms with E-state index in [0.717, 1.165) is 31.7 Å². The minimum atomic E-state index is -0.0429. The summed E-state index contributed by atoms with van der Waals surface area (Å²) in [6, 6.07) is 8.31. The number of fused-ring (bicyclic) bond motifs is 1. The Balaban J connectivity index is 1.72. The van der Waals surface area contributed by atoms with Crippen molar-refractivity contribution in [2.24, 2.45) is 5.92 Å². The summed E-state index contributed by atoms with van der Waals surface area (Å²) in [6.45, 7) is 0.927. The first kappa shape index (κ1) is 11.0. The summed E-state index contributed by atoms with van der Waals surface area (Å²) >= 11 is 0. The molecule has 1 aliphatic heterocycles. The van der Waals surface area contributed by atoms with Gasteiger partial charge in [0.1, 0.15) is 0 Å². The molecule has 17 heavy (non-hydrogen) atoms. The van der Waals surface area contributed by atoms with Crippen molar-refractivity contribution in [3.8, 4) is 0 Å². The summed E-state index contributed by atoms with van der Waals surface area (Å²) < 4.78 is 0. The topological polar surface area (TPSA) is 29.1 Å². The van der Waals surface area contributed by atoms with Gasteiger partial charge in [-0.15, -0.1) is 0 Å². The predicted molar refractivity (Wildman–Crippen MR) is 67.9 cm³/mol. The number of benzene rings is 1. The van der Waals surface area contributed by atoms with Gasteiger partial charge >= 0.3 is 0 Å². The molecule has 2 nitrogen and oxygen atoms in total. The minimum Gasteiger partial charge on any atom is -0.303 e. The molecule has 2 aliphatic rings. The van der Waals surface area contributed by atoms with E-state index >= 15 is 0 Å². The highest BCUT2D eigenvalue weighted by Crippen LogP contribution is 2.34. The Morgan fingerprint density at radius 2 is 2.12 bits per heavy atom. The van der Waals surface area contributed by atoms with Crippen LogP contribution in [-0.4, -0.2) is 12.3 Å². The van der Waals surface area contributed by atoms with E-state index in [1.165, 1.54) is 24.0 Å². The Hall–Kier alpha value is -1.15. The smallest absolute Gasteiger partial charge is 0.154 e. The quantitative estimate of drug-likeness (QED) is 0.860. The number of ketones is 1. The number of hydrogen-bond acceptors (Lipinski definition) is 2. The Kier molecular flexibility index (Phi) is 2.98. The summed E-state index contributed by atoms with van der Waals surface area (Å²) in [6.07, 6.45) is 5.56. The van der Waals surface area contributed by atoms with E-state index in [4.69, 9.17) is 0 Å². The van der Waals surface area contributed by atoms with Crippen molar-refractivity contribution in [2.75, 3.05) is 6.54 Å². The van der Waals surface area contributed by atoms with Crippen LogP contribution in [0.3, 0.4) is 0 Å². The van der Waals surface area contributed by atoms with Crippen molar-refractivity contribution < 1.29 is 4.79 Å². The van der Waals surface area contributed by atoms with Crippen molar-refractivity contribution in [3.63, 3.8) is 0 Å². The van der Waals surface area contributed by atoms with Crippen LogP contribution in [0.5, 0.6) is 0 Å². The number of Topliss-reactive ketones (excluding diaryl/α,β-unsaturated/α-hetero) is 1. The van der Waals surface area contributed by atoms with Crippen LogP contribution >= 0.6 is 0 Å². The molecule has 1 unspecified atom stereocenters. The fourth-order valence-electron chi connectivity index (χ4n) is 2.69. The number of hydrogen-bond donors (Lipinski definition) is 1. The van der Waals surface area contributed by atoms with Gasteiger partial charge in [0.2, 0.25) is 0 Å². The van der Waals surface area contributed by atoms with E-state index in [9.17, 15) is 4.79 Å². The van der Waals surface area contributed by atoms with Crippen LogP contribution in [0.4, 0.5) is 0 Å². The average molecular weight is 229 g/mol. The van der Waals surface area contributed by atoms with E-state index in [1.54, 1.807) is 0 Å². The molecule has 1 saturated carbocycles. The van der Waals surface area contributed by atoms with Gasteiger partial charge < -0.3 is 5.32 Å². The molecule has 1 aliphatic carbocycles. The zero-order chi connectivity index (χ0) is 11.7. The molecule has 0 amide bonds. The third-order valence-corrected chi connectivity index (χ3v) is 3.93. The molecule has 0 spiro atoms. The summed E-state index contributed by atoms with van der Waals surface area (Å²) in [5, 5.41) is 3.37. The molecule has 1 aromatic carbocycles. The van der Waals surface area contributed by atoms with E-state index in [0.29, 0.717) is 5.78 Å². The Bertz CT molecular complexity index is 423. The summed E-state index contributed by atoms with van der Waals surface area (Å²) in [7, 11) is 0.